The number of hydrogen-bond acceptors (Lipinski definition) is 8. The molecule has 23 heavy (non-hydrogen) atoms. The largest absolute Gasteiger partial charge is 0.340 e. The first-order chi connectivity index (χ1) is 11.2. The quantitative estimate of drug-likeness (QED) is 0.789. The molecule has 1 saturated carbocycles. The third-order valence-corrected chi connectivity index (χ3v) is 4.62. The van der Waals surface area contributed by atoms with Crippen LogP contribution in [-0.4, -0.2) is 56.3 Å². The van der Waals surface area contributed by atoms with Gasteiger partial charge in [-0.3, -0.25) is 9.80 Å². The summed E-state index contributed by atoms with van der Waals surface area (Å²) in [5.74, 6) is 3.53. The third kappa shape index (κ3) is 3.42. The molecule has 2 aromatic rings. The van der Waals surface area contributed by atoms with Crippen molar-refractivity contribution in [3.8, 4) is 0 Å². The lowest BCUT2D eigenvalue weighted by molar-refractivity contribution is 0.206. The maximum absolute atomic E-state index is 5.37. The van der Waals surface area contributed by atoms with Crippen LogP contribution < -0.4 is 0 Å². The van der Waals surface area contributed by atoms with Crippen LogP contribution in [0.15, 0.2) is 9.05 Å². The SMILES string of the molecule is Cc1nc(CN(C)[C@@H]2CCN(Cc3nc(C4CC4)no3)C2)no1. The Hall–Kier alpha value is -1.80. The molecule has 0 amide bonds. The molecule has 124 valence electrons. The maximum Gasteiger partial charge on any atom is 0.240 e. The van der Waals surface area contributed by atoms with Crippen LogP contribution in [0, 0.1) is 6.92 Å². The highest BCUT2D eigenvalue weighted by Gasteiger charge is 2.30. The molecule has 0 aromatic carbocycles. The molecule has 0 radical (unpaired) electrons. The van der Waals surface area contributed by atoms with Gasteiger partial charge in [0.05, 0.1) is 13.1 Å². The molecule has 1 aliphatic carbocycles. The predicted molar refractivity (Wildman–Crippen MR) is 80.5 cm³/mol. The number of aryl methyl sites for hydroxylation is 1. The average Bonchev–Trinajstić information content (AvgIpc) is 2.93. The number of rotatable bonds is 6. The maximum atomic E-state index is 5.37. The average molecular weight is 318 g/mol. The van der Waals surface area contributed by atoms with Crippen molar-refractivity contribution in [3.63, 3.8) is 0 Å². The van der Waals surface area contributed by atoms with Crippen LogP contribution in [0.1, 0.15) is 48.6 Å². The standard InChI is InChI=1S/C15H22N6O2/c1-10-16-13(18-22-10)8-20(2)12-5-6-21(7-12)9-14-17-15(19-23-14)11-3-4-11/h11-12H,3-9H2,1-2H3/t12-/m1/s1. The molecule has 2 fully saturated rings. The Morgan fingerprint density at radius 3 is 2.78 bits per heavy atom. The molecule has 1 atom stereocenters. The fraction of sp³-hybridized carbons (Fsp3) is 0.733. The third-order valence-electron chi connectivity index (χ3n) is 4.62. The van der Waals surface area contributed by atoms with Gasteiger partial charge in [0, 0.05) is 32.0 Å². The van der Waals surface area contributed by atoms with Gasteiger partial charge < -0.3 is 9.05 Å². The fourth-order valence-electron chi connectivity index (χ4n) is 3.10. The summed E-state index contributed by atoms with van der Waals surface area (Å²) in [7, 11) is 2.11. The van der Waals surface area contributed by atoms with E-state index in [9.17, 15) is 0 Å². The van der Waals surface area contributed by atoms with Crippen molar-refractivity contribution in [2.45, 2.75) is 51.2 Å². The smallest absolute Gasteiger partial charge is 0.240 e. The van der Waals surface area contributed by atoms with E-state index in [2.05, 4.69) is 37.1 Å². The minimum Gasteiger partial charge on any atom is -0.340 e. The van der Waals surface area contributed by atoms with E-state index in [4.69, 9.17) is 9.05 Å². The van der Waals surface area contributed by atoms with Gasteiger partial charge in [0.25, 0.3) is 0 Å². The molecule has 2 aromatic heterocycles. The zero-order valence-corrected chi connectivity index (χ0v) is 13.6. The molecule has 1 aliphatic heterocycles. The van der Waals surface area contributed by atoms with Gasteiger partial charge in [-0.2, -0.15) is 9.97 Å². The first-order valence-corrected chi connectivity index (χ1v) is 8.21. The summed E-state index contributed by atoms with van der Waals surface area (Å²) >= 11 is 0. The number of nitrogens with zero attached hydrogens (tertiary/aromatic N) is 6. The van der Waals surface area contributed by atoms with Gasteiger partial charge in [0.1, 0.15) is 0 Å². The summed E-state index contributed by atoms with van der Waals surface area (Å²) in [5, 5.41) is 8.05. The molecule has 0 unspecified atom stereocenters. The number of hydrogen-bond donors (Lipinski definition) is 0. The van der Waals surface area contributed by atoms with Crippen molar-refractivity contribution in [2.24, 2.45) is 0 Å². The molecule has 2 aliphatic rings. The second-order valence-corrected chi connectivity index (χ2v) is 6.64. The van der Waals surface area contributed by atoms with Crippen LogP contribution >= 0.6 is 0 Å². The lowest BCUT2D eigenvalue weighted by Crippen LogP contribution is -2.34. The molecule has 0 bridgehead atoms. The number of aromatic nitrogens is 4. The van der Waals surface area contributed by atoms with Gasteiger partial charge in [0.2, 0.25) is 11.8 Å². The normalized spacial score (nSPS) is 22.3. The minimum absolute atomic E-state index is 0.486. The van der Waals surface area contributed by atoms with Crippen molar-refractivity contribution >= 4 is 0 Å². The fourth-order valence-corrected chi connectivity index (χ4v) is 3.10. The van der Waals surface area contributed by atoms with Crippen LogP contribution in [0.25, 0.3) is 0 Å². The Kier molecular flexibility index (Phi) is 3.86. The second kappa shape index (κ2) is 6.01. The Balaban J connectivity index is 1.29. The first-order valence-electron chi connectivity index (χ1n) is 8.21. The van der Waals surface area contributed by atoms with E-state index in [1.54, 1.807) is 0 Å². The van der Waals surface area contributed by atoms with Gasteiger partial charge in [-0.1, -0.05) is 10.3 Å². The van der Waals surface area contributed by atoms with Crippen LogP contribution in [0.5, 0.6) is 0 Å². The monoisotopic (exact) mass is 318 g/mol. The Morgan fingerprint density at radius 2 is 2.04 bits per heavy atom. The van der Waals surface area contributed by atoms with E-state index < -0.39 is 0 Å². The molecular formula is C15H22N6O2. The zero-order chi connectivity index (χ0) is 15.8. The Morgan fingerprint density at radius 1 is 1.17 bits per heavy atom. The van der Waals surface area contributed by atoms with Crippen molar-refractivity contribution < 1.29 is 9.05 Å². The van der Waals surface area contributed by atoms with Gasteiger partial charge in [-0.05, 0) is 26.3 Å². The van der Waals surface area contributed by atoms with E-state index in [1.807, 2.05) is 6.92 Å². The number of likely N-dealkylation sites (N-methyl/N-ethyl adjacent to an activating group) is 1. The lowest BCUT2D eigenvalue weighted by Gasteiger charge is -2.22. The highest BCUT2D eigenvalue weighted by molar-refractivity contribution is 5.03. The molecule has 3 heterocycles. The summed E-state index contributed by atoms with van der Waals surface area (Å²) in [6.45, 7) is 5.30. The highest BCUT2D eigenvalue weighted by Crippen LogP contribution is 2.38. The lowest BCUT2D eigenvalue weighted by atomic mass is 10.2. The molecule has 8 heteroatoms. The zero-order valence-electron chi connectivity index (χ0n) is 13.6. The molecule has 1 saturated heterocycles. The molecule has 8 nitrogen and oxygen atoms in total. The van der Waals surface area contributed by atoms with Gasteiger partial charge in [0.15, 0.2) is 11.6 Å². The summed E-state index contributed by atoms with van der Waals surface area (Å²) < 4.78 is 10.4. The van der Waals surface area contributed by atoms with Crippen molar-refractivity contribution in [1.82, 2.24) is 30.1 Å². The van der Waals surface area contributed by atoms with E-state index in [0.29, 0.717) is 24.4 Å². The van der Waals surface area contributed by atoms with Gasteiger partial charge >= 0.3 is 0 Å². The summed E-state index contributed by atoms with van der Waals surface area (Å²) in [6, 6.07) is 0.486. The summed E-state index contributed by atoms with van der Waals surface area (Å²) in [5.41, 5.74) is 0. The molecule has 0 N–H and O–H groups in total. The molecular weight excluding hydrogens is 296 g/mol. The minimum atomic E-state index is 0.486. The van der Waals surface area contributed by atoms with Gasteiger partial charge in [-0.15, -0.1) is 0 Å². The van der Waals surface area contributed by atoms with Crippen LogP contribution in [0.4, 0.5) is 0 Å². The van der Waals surface area contributed by atoms with E-state index >= 15 is 0 Å². The van der Waals surface area contributed by atoms with E-state index in [1.165, 1.54) is 12.8 Å². The molecule has 4 rings (SSSR count). The predicted octanol–water partition coefficient (Wildman–Crippen LogP) is 1.34. The van der Waals surface area contributed by atoms with Crippen LogP contribution in [-0.2, 0) is 13.1 Å². The van der Waals surface area contributed by atoms with Gasteiger partial charge in [-0.25, -0.2) is 0 Å². The van der Waals surface area contributed by atoms with Crippen molar-refractivity contribution in [1.29, 1.82) is 0 Å². The highest BCUT2D eigenvalue weighted by atomic mass is 16.5. The van der Waals surface area contributed by atoms with Crippen molar-refractivity contribution in [3.05, 3.63) is 23.4 Å². The van der Waals surface area contributed by atoms with Crippen molar-refractivity contribution in [2.75, 3.05) is 20.1 Å². The van der Waals surface area contributed by atoms with E-state index in [0.717, 1.165) is 43.6 Å². The summed E-state index contributed by atoms with van der Waals surface area (Å²) in [6.07, 6.45) is 3.52. The van der Waals surface area contributed by atoms with Crippen LogP contribution in [0.2, 0.25) is 0 Å². The first kappa shape index (κ1) is 14.8. The Labute approximate surface area is 134 Å². The van der Waals surface area contributed by atoms with Crippen LogP contribution in [0.3, 0.4) is 0 Å². The Bertz CT molecular complexity index is 664. The second-order valence-electron chi connectivity index (χ2n) is 6.64. The topological polar surface area (TPSA) is 84.3 Å². The summed E-state index contributed by atoms with van der Waals surface area (Å²) in [4.78, 5) is 13.4. The number of likely N-dealkylation sites (tertiary alicyclic amines) is 1. The molecule has 0 spiro atoms. The van der Waals surface area contributed by atoms with E-state index in [-0.39, 0.29) is 0 Å².